The van der Waals surface area contributed by atoms with Gasteiger partial charge in [0.05, 0.1) is 12.2 Å². The van der Waals surface area contributed by atoms with Gasteiger partial charge in [-0.3, -0.25) is 4.79 Å². The third-order valence-corrected chi connectivity index (χ3v) is 3.27. The Hall–Kier alpha value is -1.86. The van der Waals surface area contributed by atoms with Gasteiger partial charge in [0.2, 0.25) is 0 Å². The van der Waals surface area contributed by atoms with Gasteiger partial charge >= 0.3 is 0 Å². The van der Waals surface area contributed by atoms with Crippen molar-refractivity contribution in [2.24, 2.45) is 0 Å². The molecule has 3 nitrogen and oxygen atoms in total. The second-order valence-corrected chi connectivity index (χ2v) is 4.79. The Balaban J connectivity index is 2.16. The second kappa shape index (κ2) is 6.53. The minimum Gasteiger partial charge on any atom is -0.395 e. The molecule has 1 N–H and O–H groups in total. The van der Waals surface area contributed by atoms with E-state index < -0.39 is 5.82 Å². The summed E-state index contributed by atoms with van der Waals surface area (Å²) in [6.07, 6.45) is 2.38. The van der Waals surface area contributed by atoms with Crippen LogP contribution in [0, 0.1) is 17.7 Å². The highest BCUT2D eigenvalue weighted by atomic mass is 19.1. The summed E-state index contributed by atoms with van der Waals surface area (Å²) in [5.74, 6) is 4.70. The summed E-state index contributed by atoms with van der Waals surface area (Å²) < 4.78 is 13.9. The average Bonchev–Trinajstić information content (AvgIpc) is 3.26. The van der Waals surface area contributed by atoms with Crippen LogP contribution in [-0.2, 0) is 0 Å². The van der Waals surface area contributed by atoms with Crippen molar-refractivity contribution >= 4 is 5.91 Å². The lowest BCUT2D eigenvalue weighted by molar-refractivity contribution is 0.0752. The van der Waals surface area contributed by atoms with E-state index in [1.165, 1.54) is 12.1 Å². The number of carbonyl (C=O) groups excluding carboxylic acids is 1. The van der Waals surface area contributed by atoms with Crippen molar-refractivity contribution in [3.8, 4) is 11.8 Å². The summed E-state index contributed by atoms with van der Waals surface area (Å²) in [6, 6.07) is 4.70. The van der Waals surface area contributed by atoms with E-state index in [-0.39, 0.29) is 18.1 Å². The van der Waals surface area contributed by atoms with Crippen LogP contribution in [0.5, 0.6) is 0 Å². The van der Waals surface area contributed by atoms with E-state index in [4.69, 9.17) is 5.11 Å². The number of rotatable bonds is 4. The Labute approximate surface area is 118 Å². The minimum atomic E-state index is -0.492. The lowest BCUT2D eigenvalue weighted by Crippen LogP contribution is -2.32. The SMILES string of the molecule is CCN(C(=O)c1ccc(C#CCCO)c(F)c1)C1CC1. The molecule has 0 radical (unpaired) electrons. The van der Waals surface area contributed by atoms with Crippen LogP contribution in [-0.4, -0.2) is 35.1 Å². The topological polar surface area (TPSA) is 40.5 Å². The van der Waals surface area contributed by atoms with E-state index in [1.54, 1.807) is 11.0 Å². The molecule has 2 rings (SSSR count). The van der Waals surface area contributed by atoms with Crippen molar-refractivity contribution in [1.82, 2.24) is 4.90 Å². The standard InChI is InChI=1S/C16H18FNO2/c1-2-18(14-8-9-14)16(20)13-7-6-12(15(17)11-13)5-3-4-10-19/h6-7,11,14,19H,2,4,8-10H2,1H3. The molecule has 106 valence electrons. The van der Waals surface area contributed by atoms with Crippen LogP contribution in [0.1, 0.15) is 42.1 Å². The molecule has 1 saturated carbocycles. The third kappa shape index (κ3) is 3.37. The molecule has 0 saturated heterocycles. The molecular formula is C16H18FNO2. The van der Waals surface area contributed by atoms with Crippen molar-refractivity contribution in [2.45, 2.75) is 32.2 Å². The van der Waals surface area contributed by atoms with Gasteiger partial charge in [0.15, 0.2) is 0 Å². The molecule has 0 unspecified atom stereocenters. The number of halogens is 1. The average molecular weight is 275 g/mol. The van der Waals surface area contributed by atoms with Crippen molar-refractivity contribution in [1.29, 1.82) is 0 Å². The lowest BCUT2D eigenvalue weighted by Gasteiger charge is -2.20. The predicted molar refractivity (Wildman–Crippen MR) is 74.7 cm³/mol. The molecule has 4 heteroatoms. The number of hydrogen-bond donors (Lipinski definition) is 1. The molecule has 1 aliphatic rings. The largest absolute Gasteiger partial charge is 0.395 e. The smallest absolute Gasteiger partial charge is 0.254 e. The van der Waals surface area contributed by atoms with Gasteiger partial charge < -0.3 is 10.0 Å². The first-order valence-electron chi connectivity index (χ1n) is 6.87. The fourth-order valence-corrected chi connectivity index (χ4v) is 2.08. The highest BCUT2D eigenvalue weighted by molar-refractivity contribution is 5.94. The van der Waals surface area contributed by atoms with E-state index >= 15 is 0 Å². The minimum absolute atomic E-state index is 0.0436. The summed E-state index contributed by atoms with van der Waals surface area (Å²) >= 11 is 0. The van der Waals surface area contributed by atoms with Crippen molar-refractivity contribution in [2.75, 3.05) is 13.2 Å². The molecule has 0 atom stereocenters. The van der Waals surface area contributed by atoms with Gasteiger partial charge in [-0.05, 0) is 38.0 Å². The number of aliphatic hydroxyl groups is 1. The predicted octanol–water partition coefficient (Wildman–Crippen LogP) is 2.18. The van der Waals surface area contributed by atoms with Crippen LogP contribution < -0.4 is 0 Å². The van der Waals surface area contributed by atoms with Gasteiger partial charge in [0.1, 0.15) is 5.82 Å². The van der Waals surface area contributed by atoms with Gasteiger partial charge in [0, 0.05) is 24.6 Å². The van der Waals surface area contributed by atoms with Gasteiger partial charge in [0.25, 0.3) is 5.91 Å². The maximum Gasteiger partial charge on any atom is 0.254 e. The van der Waals surface area contributed by atoms with Crippen molar-refractivity contribution < 1.29 is 14.3 Å². The van der Waals surface area contributed by atoms with Gasteiger partial charge in [-0.25, -0.2) is 4.39 Å². The molecule has 0 aromatic heterocycles. The molecule has 0 aliphatic heterocycles. The summed E-state index contributed by atoms with van der Waals surface area (Å²) in [6.45, 7) is 2.53. The van der Waals surface area contributed by atoms with Gasteiger partial charge in [-0.1, -0.05) is 11.8 Å². The van der Waals surface area contributed by atoms with Crippen LogP contribution in [0.15, 0.2) is 18.2 Å². The quantitative estimate of drug-likeness (QED) is 0.856. The summed E-state index contributed by atoms with van der Waals surface area (Å²) in [5.41, 5.74) is 0.619. The zero-order chi connectivity index (χ0) is 14.5. The summed E-state index contributed by atoms with van der Waals surface area (Å²) in [7, 11) is 0. The first-order valence-corrected chi connectivity index (χ1v) is 6.87. The first-order chi connectivity index (χ1) is 9.67. The monoisotopic (exact) mass is 275 g/mol. The number of hydrogen-bond acceptors (Lipinski definition) is 2. The Kier molecular flexibility index (Phi) is 4.75. The van der Waals surface area contributed by atoms with Crippen LogP contribution in [0.2, 0.25) is 0 Å². The highest BCUT2D eigenvalue weighted by Crippen LogP contribution is 2.28. The van der Waals surface area contributed by atoms with Gasteiger partial charge in [-0.15, -0.1) is 0 Å². The number of nitrogens with zero attached hydrogens (tertiary/aromatic N) is 1. The Morgan fingerprint density at radius 1 is 1.50 bits per heavy atom. The molecule has 1 aliphatic carbocycles. The lowest BCUT2D eigenvalue weighted by atomic mass is 10.1. The highest BCUT2D eigenvalue weighted by Gasteiger charge is 2.31. The summed E-state index contributed by atoms with van der Waals surface area (Å²) in [5, 5.41) is 8.63. The molecule has 0 spiro atoms. The number of aliphatic hydroxyl groups excluding tert-OH is 1. The van der Waals surface area contributed by atoms with E-state index in [0.29, 0.717) is 24.6 Å². The number of carbonyl (C=O) groups is 1. The Morgan fingerprint density at radius 3 is 2.80 bits per heavy atom. The Morgan fingerprint density at radius 2 is 2.25 bits per heavy atom. The molecule has 1 aromatic carbocycles. The van der Waals surface area contributed by atoms with Crippen LogP contribution in [0.3, 0.4) is 0 Å². The normalized spacial score (nSPS) is 13.6. The maximum absolute atomic E-state index is 13.9. The molecule has 1 aromatic rings. The Bertz CT molecular complexity index is 555. The molecule has 0 bridgehead atoms. The third-order valence-electron chi connectivity index (χ3n) is 3.27. The summed E-state index contributed by atoms with van der Waals surface area (Å²) in [4.78, 5) is 14.1. The van der Waals surface area contributed by atoms with E-state index in [2.05, 4.69) is 11.8 Å². The number of benzene rings is 1. The van der Waals surface area contributed by atoms with E-state index in [1.807, 2.05) is 6.92 Å². The van der Waals surface area contributed by atoms with Crippen molar-refractivity contribution in [3.63, 3.8) is 0 Å². The molecule has 1 amide bonds. The number of amides is 1. The van der Waals surface area contributed by atoms with Gasteiger partial charge in [-0.2, -0.15) is 0 Å². The molecule has 0 heterocycles. The van der Waals surface area contributed by atoms with Crippen LogP contribution in [0.4, 0.5) is 4.39 Å². The fraction of sp³-hybridized carbons (Fsp3) is 0.438. The van der Waals surface area contributed by atoms with Crippen LogP contribution >= 0.6 is 0 Å². The van der Waals surface area contributed by atoms with Crippen LogP contribution in [0.25, 0.3) is 0 Å². The van der Waals surface area contributed by atoms with E-state index in [0.717, 1.165) is 12.8 Å². The fourth-order valence-electron chi connectivity index (χ4n) is 2.08. The first kappa shape index (κ1) is 14.5. The molecule has 20 heavy (non-hydrogen) atoms. The second-order valence-electron chi connectivity index (χ2n) is 4.79. The zero-order valence-corrected chi connectivity index (χ0v) is 11.5. The molecule has 1 fully saturated rings. The van der Waals surface area contributed by atoms with Crippen molar-refractivity contribution in [3.05, 3.63) is 35.1 Å². The van der Waals surface area contributed by atoms with E-state index in [9.17, 15) is 9.18 Å². The molecular weight excluding hydrogens is 257 g/mol. The maximum atomic E-state index is 13.9. The zero-order valence-electron chi connectivity index (χ0n) is 11.5.